The first-order chi connectivity index (χ1) is 13.7. The number of aromatic nitrogens is 2. The Hall–Kier alpha value is -3.15. The molecule has 1 aliphatic heterocycles. The number of rotatable bonds is 3. The molecule has 0 amide bonds. The molecule has 0 saturated carbocycles. The first-order valence-electron chi connectivity index (χ1n) is 9.17. The third-order valence-corrected chi connectivity index (χ3v) is 5.30. The molecule has 1 unspecified atom stereocenters. The summed E-state index contributed by atoms with van der Waals surface area (Å²) < 4.78 is 14.8. The van der Waals surface area contributed by atoms with E-state index in [4.69, 9.17) is 0 Å². The van der Waals surface area contributed by atoms with Crippen LogP contribution in [0.5, 0.6) is 0 Å². The quantitative estimate of drug-likeness (QED) is 0.578. The van der Waals surface area contributed by atoms with Crippen molar-refractivity contribution in [2.75, 3.05) is 0 Å². The van der Waals surface area contributed by atoms with E-state index < -0.39 is 6.23 Å². The smallest absolute Gasteiger partial charge is 0.136 e. The minimum absolute atomic E-state index is 0.275. The van der Waals surface area contributed by atoms with Crippen LogP contribution in [0.3, 0.4) is 0 Å². The normalized spacial score (nSPS) is 16.4. The summed E-state index contributed by atoms with van der Waals surface area (Å²) in [6.45, 7) is 0.838. The van der Waals surface area contributed by atoms with Crippen LogP contribution < -0.4 is 0 Å². The molecule has 0 saturated heterocycles. The molecule has 1 atom stereocenters. The van der Waals surface area contributed by atoms with Crippen LogP contribution in [0.4, 0.5) is 4.39 Å². The lowest BCUT2D eigenvalue weighted by Gasteiger charge is -2.20. The summed E-state index contributed by atoms with van der Waals surface area (Å²) >= 11 is 0. The van der Waals surface area contributed by atoms with E-state index >= 15 is 0 Å². The molecule has 4 nitrogen and oxygen atoms in total. The molecule has 0 aliphatic carbocycles. The lowest BCUT2D eigenvalue weighted by Crippen LogP contribution is -2.22. The fourth-order valence-corrected chi connectivity index (χ4v) is 3.77. The van der Waals surface area contributed by atoms with Crippen molar-refractivity contribution < 1.29 is 9.50 Å². The summed E-state index contributed by atoms with van der Waals surface area (Å²) in [5.41, 5.74) is 3.98. The van der Waals surface area contributed by atoms with Gasteiger partial charge < -0.3 is 5.11 Å². The van der Waals surface area contributed by atoms with Gasteiger partial charge in [-0.2, -0.15) is 0 Å². The van der Waals surface area contributed by atoms with E-state index in [1.54, 1.807) is 30.6 Å². The molecular formula is C23H18FN3O. The maximum atomic E-state index is 14.8. The van der Waals surface area contributed by atoms with Gasteiger partial charge in [0.05, 0.1) is 5.69 Å². The van der Waals surface area contributed by atoms with E-state index in [1.165, 1.54) is 0 Å². The van der Waals surface area contributed by atoms with Gasteiger partial charge in [-0.05, 0) is 40.8 Å². The number of nitrogens with zero attached hydrogens (tertiary/aromatic N) is 3. The van der Waals surface area contributed by atoms with Crippen molar-refractivity contribution in [1.29, 1.82) is 0 Å². The summed E-state index contributed by atoms with van der Waals surface area (Å²) in [6.07, 6.45) is 4.53. The Balaban J connectivity index is 1.41. The maximum Gasteiger partial charge on any atom is 0.136 e. The zero-order valence-electron chi connectivity index (χ0n) is 15.1. The third kappa shape index (κ3) is 2.95. The van der Waals surface area contributed by atoms with Gasteiger partial charge >= 0.3 is 0 Å². The van der Waals surface area contributed by atoms with Gasteiger partial charge in [-0.15, -0.1) is 0 Å². The van der Waals surface area contributed by atoms with Gasteiger partial charge in [-0.1, -0.05) is 30.3 Å². The summed E-state index contributed by atoms with van der Waals surface area (Å²) in [5, 5.41) is 12.6. The van der Waals surface area contributed by atoms with Crippen LogP contribution in [0, 0.1) is 5.82 Å². The number of halogens is 1. The SMILES string of the molecule is OC1c2cccnc2CN1Cc1ccc(-c2ccc3cnccc3c2)cc1F. The predicted octanol–water partition coefficient (Wildman–Crippen LogP) is 4.44. The molecule has 2 aromatic heterocycles. The van der Waals surface area contributed by atoms with Crippen LogP contribution in [0.25, 0.3) is 21.9 Å². The number of hydrogen-bond donors (Lipinski definition) is 1. The highest BCUT2D eigenvalue weighted by atomic mass is 19.1. The largest absolute Gasteiger partial charge is 0.374 e. The zero-order chi connectivity index (χ0) is 19.1. The van der Waals surface area contributed by atoms with E-state index in [1.807, 2.05) is 47.5 Å². The molecule has 1 aliphatic rings. The van der Waals surface area contributed by atoms with Gasteiger partial charge in [0.25, 0.3) is 0 Å². The Labute approximate surface area is 161 Å². The Bertz CT molecular complexity index is 1180. The predicted molar refractivity (Wildman–Crippen MR) is 106 cm³/mol. The van der Waals surface area contributed by atoms with Crippen LogP contribution in [0.2, 0.25) is 0 Å². The summed E-state index contributed by atoms with van der Waals surface area (Å²) in [5.74, 6) is -0.275. The second kappa shape index (κ2) is 6.78. The van der Waals surface area contributed by atoms with E-state index in [2.05, 4.69) is 9.97 Å². The lowest BCUT2D eigenvalue weighted by molar-refractivity contribution is 0.00695. The number of hydrogen-bond acceptors (Lipinski definition) is 4. The van der Waals surface area contributed by atoms with Crippen molar-refractivity contribution in [2.45, 2.75) is 19.3 Å². The summed E-state index contributed by atoms with van der Waals surface area (Å²) in [7, 11) is 0. The number of aliphatic hydroxyl groups excluding tert-OH is 1. The van der Waals surface area contributed by atoms with Crippen molar-refractivity contribution >= 4 is 10.8 Å². The van der Waals surface area contributed by atoms with Gasteiger partial charge in [0.2, 0.25) is 0 Å². The summed E-state index contributed by atoms with van der Waals surface area (Å²) in [4.78, 5) is 10.2. The molecule has 5 rings (SSSR count). The molecular weight excluding hydrogens is 353 g/mol. The second-order valence-corrected chi connectivity index (χ2v) is 7.06. The average molecular weight is 371 g/mol. The molecule has 28 heavy (non-hydrogen) atoms. The molecule has 138 valence electrons. The van der Waals surface area contributed by atoms with Gasteiger partial charge in [-0.3, -0.25) is 14.9 Å². The highest BCUT2D eigenvalue weighted by molar-refractivity contribution is 5.86. The van der Waals surface area contributed by atoms with Crippen molar-refractivity contribution in [3.05, 3.63) is 95.8 Å². The van der Waals surface area contributed by atoms with Crippen LogP contribution in [0.1, 0.15) is 23.0 Å². The Morgan fingerprint density at radius 3 is 2.71 bits per heavy atom. The van der Waals surface area contributed by atoms with Crippen LogP contribution in [-0.4, -0.2) is 20.0 Å². The number of aliphatic hydroxyl groups is 1. The van der Waals surface area contributed by atoms with Crippen molar-refractivity contribution in [3.63, 3.8) is 0 Å². The summed E-state index contributed by atoms with van der Waals surface area (Å²) in [6, 6.07) is 16.9. The lowest BCUT2D eigenvalue weighted by atomic mass is 10.0. The van der Waals surface area contributed by atoms with E-state index in [9.17, 15) is 9.50 Å². The highest BCUT2D eigenvalue weighted by Gasteiger charge is 2.29. The molecule has 2 aromatic carbocycles. The average Bonchev–Trinajstić information content (AvgIpc) is 3.05. The number of fused-ring (bicyclic) bond motifs is 2. The number of pyridine rings is 2. The minimum atomic E-state index is -0.753. The molecule has 0 radical (unpaired) electrons. The third-order valence-electron chi connectivity index (χ3n) is 5.30. The molecule has 5 heteroatoms. The first kappa shape index (κ1) is 17.0. The second-order valence-electron chi connectivity index (χ2n) is 7.06. The Morgan fingerprint density at radius 1 is 1.00 bits per heavy atom. The fraction of sp³-hybridized carbons (Fsp3) is 0.130. The monoisotopic (exact) mass is 371 g/mol. The van der Waals surface area contributed by atoms with Gasteiger partial charge in [0.1, 0.15) is 12.0 Å². The van der Waals surface area contributed by atoms with E-state index in [0.29, 0.717) is 18.7 Å². The molecule has 4 aromatic rings. The van der Waals surface area contributed by atoms with Crippen molar-refractivity contribution in [2.24, 2.45) is 0 Å². The minimum Gasteiger partial charge on any atom is -0.374 e. The van der Waals surface area contributed by atoms with Gasteiger partial charge in [-0.25, -0.2) is 4.39 Å². The Morgan fingerprint density at radius 2 is 1.86 bits per heavy atom. The molecule has 1 N–H and O–H groups in total. The number of benzene rings is 2. The zero-order valence-corrected chi connectivity index (χ0v) is 15.1. The molecule has 3 heterocycles. The van der Waals surface area contributed by atoms with Crippen LogP contribution in [0.15, 0.2) is 73.2 Å². The van der Waals surface area contributed by atoms with E-state index in [0.717, 1.165) is 33.2 Å². The van der Waals surface area contributed by atoms with Gasteiger partial charge in [0.15, 0.2) is 0 Å². The van der Waals surface area contributed by atoms with Crippen molar-refractivity contribution in [1.82, 2.24) is 14.9 Å². The highest BCUT2D eigenvalue weighted by Crippen LogP contribution is 2.32. The first-order valence-corrected chi connectivity index (χ1v) is 9.17. The molecule has 0 bridgehead atoms. The van der Waals surface area contributed by atoms with E-state index in [-0.39, 0.29) is 5.82 Å². The fourth-order valence-electron chi connectivity index (χ4n) is 3.77. The molecule has 0 fully saturated rings. The molecule has 0 spiro atoms. The topological polar surface area (TPSA) is 49.3 Å². The Kier molecular flexibility index (Phi) is 4.11. The van der Waals surface area contributed by atoms with Crippen molar-refractivity contribution in [3.8, 4) is 11.1 Å². The standard InChI is InChI=1S/C23H18FN3O/c24-21-11-16(15-3-5-18-12-25-9-7-17(18)10-15)4-6-19(21)13-27-14-22-20(23(27)28)2-1-8-26-22/h1-12,23,28H,13-14H2. The van der Waals surface area contributed by atoms with Gasteiger partial charge in [0, 0.05) is 48.2 Å². The van der Waals surface area contributed by atoms with Crippen LogP contribution >= 0.6 is 0 Å². The van der Waals surface area contributed by atoms with Crippen LogP contribution in [-0.2, 0) is 13.1 Å². The maximum absolute atomic E-state index is 14.8.